The van der Waals surface area contributed by atoms with Crippen LogP contribution < -0.4 is 10.6 Å². The van der Waals surface area contributed by atoms with Gasteiger partial charge in [-0.05, 0) is 67.7 Å². The van der Waals surface area contributed by atoms with E-state index in [1.807, 2.05) is 29.3 Å². The van der Waals surface area contributed by atoms with Crippen molar-refractivity contribution < 1.29 is 14.7 Å². The van der Waals surface area contributed by atoms with Gasteiger partial charge in [0.05, 0.1) is 23.0 Å². The van der Waals surface area contributed by atoms with Crippen molar-refractivity contribution >= 4 is 17.6 Å². The molecular formula is C31H36N4O3. The number of nitrogens with one attached hydrogen (secondary N) is 2. The highest BCUT2D eigenvalue weighted by Crippen LogP contribution is 2.35. The number of unbranched alkanes of at least 4 members (excludes halogenated alkanes) is 1. The molecule has 3 heterocycles. The molecule has 0 radical (unpaired) electrons. The highest BCUT2D eigenvalue weighted by Gasteiger charge is 2.34. The van der Waals surface area contributed by atoms with E-state index >= 15 is 0 Å². The molecule has 5 rings (SSSR count). The molecule has 2 aliphatic heterocycles. The minimum absolute atomic E-state index is 0.0645. The number of aliphatic carboxylic acids is 1. The molecule has 1 aromatic heterocycles. The lowest BCUT2D eigenvalue weighted by Gasteiger charge is -2.37. The van der Waals surface area contributed by atoms with Crippen molar-refractivity contribution in [2.24, 2.45) is 11.8 Å². The molecule has 1 amide bonds. The molecule has 1 aromatic carbocycles. The van der Waals surface area contributed by atoms with Crippen LogP contribution in [0.5, 0.6) is 0 Å². The number of fused-ring (bicyclic) bond motifs is 1. The first-order valence-electron chi connectivity index (χ1n) is 13.7. The van der Waals surface area contributed by atoms with Crippen LogP contribution in [-0.2, 0) is 9.59 Å². The van der Waals surface area contributed by atoms with Crippen molar-refractivity contribution in [3.63, 3.8) is 0 Å². The van der Waals surface area contributed by atoms with E-state index in [4.69, 9.17) is 5.11 Å². The van der Waals surface area contributed by atoms with Crippen molar-refractivity contribution in [2.75, 3.05) is 13.1 Å². The van der Waals surface area contributed by atoms with Crippen LogP contribution in [0.25, 0.3) is 5.70 Å². The maximum Gasteiger partial charge on any atom is 0.303 e. The third-order valence-electron chi connectivity index (χ3n) is 7.86. The topological polar surface area (TPSA) is 94.6 Å². The number of benzene rings is 1. The van der Waals surface area contributed by atoms with Gasteiger partial charge in [-0.25, -0.2) is 0 Å². The Morgan fingerprint density at radius 2 is 1.76 bits per heavy atom. The number of carboxylic acids is 1. The van der Waals surface area contributed by atoms with E-state index in [-0.39, 0.29) is 24.2 Å². The zero-order valence-corrected chi connectivity index (χ0v) is 21.9. The van der Waals surface area contributed by atoms with Gasteiger partial charge in [0.1, 0.15) is 0 Å². The van der Waals surface area contributed by atoms with Gasteiger partial charge in [0, 0.05) is 43.2 Å². The Kier molecular flexibility index (Phi) is 7.91. The Bertz CT molecular complexity index is 1240. The molecule has 1 fully saturated rings. The third kappa shape index (κ3) is 5.82. The number of aromatic nitrogens is 1. The van der Waals surface area contributed by atoms with Gasteiger partial charge in [-0.2, -0.15) is 0 Å². The SMILES string of the molecule is CC1C=C2NC(c3cccnc3)=C(CCCCC(=O)O)NC2=CC1C(=O)N1CCC(c2ccccc2)CC1. The average molecular weight is 513 g/mol. The van der Waals surface area contributed by atoms with Crippen LogP contribution in [0.4, 0.5) is 0 Å². The van der Waals surface area contributed by atoms with E-state index in [1.165, 1.54) is 5.56 Å². The van der Waals surface area contributed by atoms with E-state index in [0.717, 1.165) is 60.7 Å². The fourth-order valence-electron chi connectivity index (χ4n) is 5.72. The number of hydrogen-bond acceptors (Lipinski definition) is 5. The molecular weight excluding hydrogens is 476 g/mol. The van der Waals surface area contributed by atoms with Gasteiger partial charge in [0.25, 0.3) is 0 Å². The first-order valence-corrected chi connectivity index (χ1v) is 13.7. The summed E-state index contributed by atoms with van der Waals surface area (Å²) >= 11 is 0. The first-order chi connectivity index (χ1) is 18.5. The highest BCUT2D eigenvalue weighted by molar-refractivity contribution is 5.83. The Morgan fingerprint density at radius 3 is 2.47 bits per heavy atom. The molecule has 7 nitrogen and oxygen atoms in total. The molecule has 38 heavy (non-hydrogen) atoms. The maximum atomic E-state index is 13.7. The van der Waals surface area contributed by atoms with Gasteiger partial charge < -0.3 is 20.6 Å². The van der Waals surface area contributed by atoms with Gasteiger partial charge in [0.2, 0.25) is 5.91 Å². The molecule has 0 saturated carbocycles. The lowest BCUT2D eigenvalue weighted by atomic mass is 9.84. The normalized spacial score (nSPS) is 21.6. The van der Waals surface area contributed by atoms with Crippen molar-refractivity contribution in [2.45, 2.75) is 51.4 Å². The molecule has 1 aliphatic carbocycles. The van der Waals surface area contributed by atoms with Crippen LogP contribution in [0.2, 0.25) is 0 Å². The number of carbonyl (C=O) groups excluding carboxylic acids is 1. The number of amides is 1. The van der Waals surface area contributed by atoms with Crippen LogP contribution in [0.15, 0.2) is 84.1 Å². The number of likely N-dealkylation sites (tertiary alicyclic amines) is 1. The van der Waals surface area contributed by atoms with Gasteiger partial charge in [-0.1, -0.05) is 43.3 Å². The lowest BCUT2D eigenvalue weighted by molar-refractivity contribution is -0.137. The Morgan fingerprint density at radius 1 is 1.00 bits per heavy atom. The summed E-state index contributed by atoms with van der Waals surface area (Å²) in [6.45, 7) is 3.68. The fraction of sp³-hybridized carbons (Fsp3) is 0.387. The third-order valence-corrected chi connectivity index (χ3v) is 7.86. The molecule has 3 N–H and O–H groups in total. The van der Waals surface area contributed by atoms with Gasteiger partial charge in [-0.3, -0.25) is 14.6 Å². The summed E-state index contributed by atoms with van der Waals surface area (Å²) in [7, 11) is 0. The summed E-state index contributed by atoms with van der Waals surface area (Å²) < 4.78 is 0. The Labute approximate surface area is 224 Å². The van der Waals surface area contributed by atoms with E-state index in [2.05, 4.69) is 59.0 Å². The molecule has 7 heteroatoms. The average Bonchev–Trinajstić information content (AvgIpc) is 2.95. The molecule has 3 aliphatic rings. The number of hydrogen-bond donors (Lipinski definition) is 3. The molecule has 0 spiro atoms. The minimum Gasteiger partial charge on any atom is -0.481 e. The predicted octanol–water partition coefficient (Wildman–Crippen LogP) is 5.03. The van der Waals surface area contributed by atoms with Gasteiger partial charge >= 0.3 is 5.97 Å². The standard InChI is InChI=1S/C31H36N4O3/c1-21-18-27-28(19-25(21)31(38)35-16-13-23(14-17-35)22-8-3-2-4-9-22)33-26(11-5-6-12-29(36)37)30(34-27)24-10-7-15-32-20-24/h2-4,7-10,15,18-21,23,25,33-34H,5-6,11-14,16-17H2,1H3,(H,36,37). The lowest BCUT2D eigenvalue weighted by Crippen LogP contribution is -2.44. The molecule has 0 bridgehead atoms. The van der Waals surface area contributed by atoms with Gasteiger partial charge in [-0.15, -0.1) is 0 Å². The van der Waals surface area contributed by atoms with Crippen LogP contribution in [0, 0.1) is 11.8 Å². The number of allylic oxidation sites excluding steroid dienone is 2. The van der Waals surface area contributed by atoms with E-state index < -0.39 is 5.97 Å². The quantitative estimate of drug-likeness (QED) is 0.430. The zero-order valence-electron chi connectivity index (χ0n) is 21.9. The number of rotatable bonds is 8. The van der Waals surface area contributed by atoms with E-state index in [9.17, 15) is 9.59 Å². The first kappa shape index (κ1) is 25.8. The number of pyridine rings is 1. The van der Waals surface area contributed by atoms with Crippen LogP contribution in [0.1, 0.15) is 62.5 Å². The van der Waals surface area contributed by atoms with E-state index in [0.29, 0.717) is 18.8 Å². The van der Waals surface area contributed by atoms with Crippen molar-refractivity contribution in [1.29, 1.82) is 0 Å². The molecule has 2 aromatic rings. The van der Waals surface area contributed by atoms with Crippen molar-refractivity contribution in [3.05, 3.63) is 95.2 Å². The second-order valence-electron chi connectivity index (χ2n) is 10.5. The van der Waals surface area contributed by atoms with Crippen molar-refractivity contribution in [3.8, 4) is 0 Å². The Balaban J connectivity index is 1.30. The number of carboxylic acid groups (broad SMARTS) is 1. The molecule has 2 atom stereocenters. The number of piperidine rings is 1. The predicted molar refractivity (Wildman–Crippen MR) is 147 cm³/mol. The molecule has 1 saturated heterocycles. The Hall–Kier alpha value is -3.87. The van der Waals surface area contributed by atoms with E-state index in [1.54, 1.807) is 6.20 Å². The summed E-state index contributed by atoms with van der Waals surface area (Å²) in [6.07, 6.45) is 12.0. The summed E-state index contributed by atoms with van der Waals surface area (Å²) in [4.78, 5) is 30.9. The van der Waals surface area contributed by atoms with Crippen LogP contribution >= 0.6 is 0 Å². The smallest absolute Gasteiger partial charge is 0.303 e. The largest absolute Gasteiger partial charge is 0.481 e. The second kappa shape index (κ2) is 11.7. The maximum absolute atomic E-state index is 13.7. The summed E-state index contributed by atoms with van der Waals surface area (Å²) in [6, 6.07) is 14.5. The zero-order chi connectivity index (χ0) is 26.5. The summed E-state index contributed by atoms with van der Waals surface area (Å²) in [5.41, 5.74) is 6.18. The fourth-order valence-corrected chi connectivity index (χ4v) is 5.72. The minimum atomic E-state index is -0.774. The van der Waals surface area contributed by atoms with Crippen LogP contribution in [0.3, 0.4) is 0 Å². The summed E-state index contributed by atoms with van der Waals surface area (Å²) in [5.74, 6) is -0.222. The number of carbonyl (C=O) groups is 2. The summed E-state index contributed by atoms with van der Waals surface area (Å²) in [5, 5.41) is 16.2. The second-order valence-corrected chi connectivity index (χ2v) is 10.5. The molecule has 198 valence electrons. The number of nitrogens with zero attached hydrogens (tertiary/aromatic N) is 2. The monoisotopic (exact) mass is 512 g/mol. The van der Waals surface area contributed by atoms with Crippen molar-refractivity contribution in [1.82, 2.24) is 20.5 Å². The highest BCUT2D eigenvalue weighted by atomic mass is 16.4. The molecule has 2 unspecified atom stereocenters. The van der Waals surface area contributed by atoms with Crippen LogP contribution in [-0.4, -0.2) is 40.0 Å². The van der Waals surface area contributed by atoms with Gasteiger partial charge in [0.15, 0.2) is 0 Å².